The summed E-state index contributed by atoms with van der Waals surface area (Å²) in [6, 6.07) is 0.125. The number of carboxylic acids is 1. The summed E-state index contributed by atoms with van der Waals surface area (Å²) in [5.41, 5.74) is -1.34. The van der Waals surface area contributed by atoms with Gasteiger partial charge in [-0.3, -0.25) is 9.59 Å². The quantitative estimate of drug-likeness (QED) is 0.743. The first-order valence-corrected chi connectivity index (χ1v) is 6.27. The van der Waals surface area contributed by atoms with Crippen LogP contribution in [0.25, 0.3) is 0 Å². The van der Waals surface area contributed by atoms with Crippen LogP contribution in [0.2, 0.25) is 0 Å². The zero-order chi connectivity index (χ0) is 13.2. The summed E-state index contributed by atoms with van der Waals surface area (Å²) in [5.74, 6) is -0.266. The molecule has 0 aromatic rings. The Morgan fingerprint density at radius 2 is 1.59 bits per heavy atom. The van der Waals surface area contributed by atoms with Crippen LogP contribution in [0.15, 0.2) is 0 Å². The molecule has 0 radical (unpaired) electrons. The predicted octanol–water partition coefficient (Wildman–Crippen LogP) is 2.04. The molecule has 4 nitrogen and oxygen atoms in total. The molecule has 1 amide bonds. The van der Waals surface area contributed by atoms with Crippen molar-refractivity contribution in [2.75, 3.05) is 0 Å². The Balaban J connectivity index is 2.60. The van der Waals surface area contributed by atoms with E-state index in [0.717, 1.165) is 12.8 Å². The summed E-state index contributed by atoms with van der Waals surface area (Å²) in [5, 5.41) is 11.9. The topological polar surface area (TPSA) is 66.4 Å². The highest BCUT2D eigenvalue weighted by Crippen LogP contribution is 2.29. The predicted molar refractivity (Wildman–Crippen MR) is 65.5 cm³/mol. The molecule has 2 atom stereocenters. The molecule has 1 saturated carbocycles. The van der Waals surface area contributed by atoms with E-state index in [9.17, 15) is 9.59 Å². The first kappa shape index (κ1) is 14.0. The van der Waals surface area contributed by atoms with Crippen LogP contribution < -0.4 is 5.32 Å². The number of hydrogen-bond acceptors (Lipinski definition) is 2. The first-order chi connectivity index (χ1) is 7.73. The van der Waals surface area contributed by atoms with Gasteiger partial charge in [0.1, 0.15) is 5.41 Å². The van der Waals surface area contributed by atoms with Crippen molar-refractivity contribution in [1.29, 1.82) is 0 Å². The lowest BCUT2D eigenvalue weighted by atomic mass is 9.80. The monoisotopic (exact) mass is 241 g/mol. The normalized spacial score (nSPS) is 29.8. The van der Waals surface area contributed by atoms with Crippen molar-refractivity contribution in [3.63, 3.8) is 0 Å². The second-order valence-electron chi connectivity index (χ2n) is 6.02. The highest BCUT2D eigenvalue weighted by molar-refractivity contribution is 6.01. The van der Waals surface area contributed by atoms with E-state index in [-0.39, 0.29) is 11.9 Å². The van der Waals surface area contributed by atoms with E-state index < -0.39 is 11.4 Å². The van der Waals surface area contributed by atoms with Gasteiger partial charge in [0.15, 0.2) is 0 Å². The Kier molecular flexibility index (Phi) is 4.17. The molecule has 4 heteroatoms. The van der Waals surface area contributed by atoms with Gasteiger partial charge in [0.2, 0.25) is 5.91 Å². The number of carboxylic acid groups (broad SMARTS) is 1. The molecular formula is C13H23NO3. The van der Waals surface area contributed by atoms with E-state index in [2.05, 4.69) is 19.2 Å². The molecule has 1 aliphatic rings. The maximum atomic E-state index is 11.9. The van der Waals surface area contributed by atoms with Gasteiger partial charge in [-0.1, -0.05) is 13.8 Å². The summed E-state index contributed by atoms with van der Waals surface area (Å²) in [6.45, 7) is 7.25. The first-order valence-electron chi connectivity index (χ1n) is 6.27. The van der Waals surface area contributed by atoms with Crippen molar-refractivity contribution in [3.05, 3.63) is 0 Å². The third-order valence-electron chi connectivity index (χ3n) is 3.62. The number of nitrogens with one attached hydrogen (secondary N) is 1. The zero-order valence-electron chi connectivity index (χ0n) is 11.1. The van der Waals surface area contributed by atoms with E-state index in [1.165, 1.54) is 20.3 Å². The molecule has 2 unspecified atom stereocenters. The van der Waals surface area contributed by atoms with Gasteiger partial charge in [-0.15, -0.1) is 0 Å². The van der Waals surface area contributed by atoms with Crippen LogP contribution in [0.4, 0.5) is 0 Å². The fourth-order valence-corrected chi connectivity index (χ4v) is 2.53. The van der Waals surface area contributed by atoms with Crippen LogP contribution >= 0.6 is 0 Å². The second kappa shape index (κ2) is 5.07. The van der Waals surface area contributed by atoms with Gasteiger partial charge in [0.25, 0.3) is 0 Å². The number of hydrogen-bond donors (Lipinski definition) is 2. The van der Waals surface area contributed by atoms with Crippen LogP contribution in [0.5, 0.6) is 0 Å². The lowest BCUT2D eigenvalue weighted by Gasteiger charge is -2.33. The molecule has 0 aromatic carbocycles. The maximum Gasteiger partial charge on any atom is 0.318 e. The molecule has 1 rings (SSSR count). The molecular weight excluding hydrogens is 218 g/mol. The lowest BCUT2D eigenvalue weighted by molar-refractivity contribution is -0.153. The molecule has 2 N–H and O–H groups in total. The van der Waals surface area contributed by atoms with Gasteiger partial charge < -0.3 is 10.4 Å². The Morgan fingerprint density at radius 1 is 1.12 bits per heavy atom. The maximum absolute atomic E-state index is 11.9. The van der Waals surface area contributed by atoms with Crippen LogP contribution in [0.1, 0.15) is 47.0 Å². The number of carbonyl (C=O) groups is 2. The Morgan fingerprint density at radius 3 is 2.00 bits per heavy atom. The van der Waals surface area contributed by atoms with Crippen molar-refractivity contribution in [2.24, 2.45) is 17.3 Å². The minimum atomic E-state index is -1.34. The van der Waals surface area contributed by atoms with Crippen molar-refractivity contribution in [2.45, 2.75) is 53.0 Å². The highest BCUT2D eigenvalue weighted by atomic mass is 16.4. The van der Waals surface area contributed by atoms with Crippen molar-refractivity contribution >= 4 is 11.9 Å². The minimum Gasteiger partial charge on any atom is -0.480 e. The molecule has 0 bridgehead atoms. The molecule has 98 valence electrons. The Bertz CT molecular complexity index is 302. The number of rotatable bonds is 3. The zero-order valence-corrected chi connectivity index (χ0v) is 11.1. The van der Waals surface area contributed by atoms with Gasteiger partial charge in [-0.05, 0) is 44.9 Å². The molecule has 0 aliphatic heterocycles. The Labute approximate surface area is 103 Å². The SMILES string of the molecule is CC1CC(C)CC(NC(=O)C(C)(C)C(=O)O)C1. The summed E-state index contributed by atoms with van der Waals surface area (Å²) < 4.78 is 0. The molecule has 0 aromatic heterocycles. The van der Waals surface area contributed by atoms with E-state index >= 15 is 0 Å². The third kappa shape index (κ3) is 3.45. The van der Waals surface area contributed by atoms with Crippen molar-refractivity contribution in [3.8, 4) is 0 Å². The standard InChI is InChI=1S/C13H23NO3/c1-8-5-9(2)7-10(6-8)14-11(15)13(3,4)12(16)17/h8-10H,5-7H2,1-4H3,(H,14,15)(H,16,17). The molecule has 1 aliphatic carbocycles. The van der Waals surface area contributed by atoms with Crippen molar-refractivity contribution in [1.82, 2.24) is 5.32 Å². The minimum absolute atomic E-state index is 0.125. The molecule has 0 heterocycles. The lowest BCUT2D eigenvalue weighted by Crippen LogP contribution is -2.48. The fraction of sp³-hybridized carbons (Fsp3) is 0.846. The van der Waals surface area contributed by atoms with Gasteiger partial charge >= 0.3 is 5.97 Å². The molecule has 0 spiro atoms. The van der Waals surface area contributed by atoms with E-state index in [4.69, 9.17) is 5.11 Å². The van der Waals surface area contributed by atoms with E-state index in [1.807, 2.05) is 0 Å². The highest BCUT2D eigenvalue weighted by Gasteiger charge is 2.37. The van der Waals surface area contributed by atoms with Gasteiger partial charge in [-0.2, -0.15) is 0 Å². The molecule has 17 heavy (non-hydrogen) atoms. The van der Waals surface area contributed by atoms with E-state index in [1.54, 1.807) is 0 Å². The molecule has 0 saturated heterocycles. The average molecular weight is 241 g/mol. The fourth-order valence-electron chi connectivity index (χ4n) is 2.53. The smallest absolute Gasteiger partial charge is 0.318 e. The Hall–Kier alpha value is -1.06. The van der Waals surface area contributed by atoms with Gasteiger partial charge in [-0.25, -0.2) is 0 Å². The summed E-state index contributed by atoms with van der Waals surface area (Å²) in [4.78, 5) is 22.9. The number of aliphatic carboxylic acids is 1. The third-order valence-corrected chi connectivity index (χ3v) is 3.62. The van der Waals surface area contributed by atoms with Crippen LogP contribution in [0.3, 0.4) is 0 Å². The van der Waals surface area contributed by atoms with Crippen LogP contribution in [-0.4, -0.2) is 23.0 Å². The van der Waals surface area contributed by atoms with Crippen LogP contribution in [-0.2, 0) is 9.59 Å². The van der Waals surface area contributed by atoms with Gasteiger partial charge in [0.05, 0.1) is 0 Å². The summed E-state index contributed by atoms with van der Waals surface area (Å²) in [6.07, 6.45) is 3.09. The van der Waals surface area contributed by atoms with Gasteiger partial charge in [0, 0.05) is 6.04 Å². The summed E-state index contributed by atoms with van der Waals surface area (Å²) in [7, 11) is 0. The largest absolute Gasteiger partial charge is 0.480 e. The van der Waals surface area contributed by atoms with Crippen LogP contribution in [0, 0.1) is 17.3 Å². The number of amides is 1. The average Bonchev–Trinajstić information content (AvgIpc) is 2.15. The van der Waals surface area contributed by atoms with Crippen molar-refractivity contribution < 1.29 is 14.7 Å². The molecule has 1 fully saturated rings. The second-order valence-corrected chi connectivity index (χ2v) is 6.02. The number of carbonyl (C=O) groups excluding carboxylic acids is 1. The summed E-state index contributed by atoms with van der Waals surface area (Å²) >= 11 is 0. The van der Waals surface area contributed by atoms with E-state index in [0.29, 0.717) is 11.8 Å².